The van der Waals surface area contributed by atoms with Gasteiger partial charge in [0, 0.05) is 37.3 Å². The maximum absolute atomic E-state index is 2.94. The molecule has 4 aliphatic carbocycles. The second-order valence-corrected chi connectivity index (χ2v) is 15.3. The molecule has 16 atom stereocenters. The molecule has 0 radical (unpaired) electrons. The molecule has 226 valence electrons. The van der Waals surface area contributed by atoms with Crippen LogP contribution in [0.3, 0.4) is 0 Å². The van der Waals surface area contributed by atoms with Crippen LogP contribution in [0, 0.1) is 71.0 Å². The lowest BCUT2D eigenvalue weighted by Gasteiger charge is -2.51. The maximum atomic E-state index is 2.94. The van der Waals surface area contributed by atoms with Gasteiger partial charge in [-0.2, -0.15) is 0 Å². The minimum Gasteiger partial charge on any atom is -0.289 e. The second kappa shape index (κ2) is 13.0. The number of rotatable bonds is 7. The zero-order chi connectivity index (χ0) is 29.5. The van der Waals surface area contributed by atoms with E-state index >= 15 is 0 Å². The third kappa shape index (κ3) is 6.15. The fraction of sp³-hybridized carbons (Fsp3) is 0.789. The van der Waals surface area contributed by atoms with E-state index in [1.807, 2.05) is 0 Å². The Hall–Kier alpha value is -1.12. The Morgan fingerprint density at radius 2 is 0.500 bits per heavy atom. The molecule has 0 aromatic carbocycles. The predicted molar refractivity (Wildman–Crippen MR) is 175 cm³/mol. The van der Waals surface area contributed by atoms with Gasteiger partial charge in [-0.3, -0.25) is 9.80 Å². The predicted octanol–water partition coefficient (Wildman–Crippen LogP) is 8.98. The normalized spacial score (nSPS) is 49.2. The van der Waals surface area contributed by atoms with Gasteiger partial charge >= 0.3 is 0 Å². The largest absolute Gasteiger partial charge is 0.289 e. The standard InChI is InChI=1S/C38H64N2/c1-23-13-17-35(31(9)27(23)5)39(36-18-14-24(2)28(6)32(36)10)21-22-40(37-19-15-25(3)29(7)33(37)11)38-20-16-26(4)30(8)34(38)12/h13-20,23-38H,21-22H2,1-12H3/t23-,24-,25-,26-,27-,28-,29-,30-,31+,32+,33+,34+,35+,36+,37+,38+/m1/s1. The first kappa shape index (κ1) is 31.8. The van der Waals surface area contributed by atoms with Gasteiger partial charge in [0.15, 0.2) is 0 Å². The van der Waals surface area contributed by atoms with Crippen molar-refractivity contribution in [1.82, 2.24) is 9.80 Å². The smallest absolute Gasteiger partial charge is 0.0313 e. The molecule has 0 spiro atoms. The van der Waals surface area contributed by atoms with Crippen LogP contribution >= 0.6 is 0 Å². The Balaban J connectivity index is 1.69. The quantitative estimate of drug-likeness (QED) is 0.293. The van der Waals surface area contributed by atoms with Crippen LogP contribution in [0.25, 0.3) is 0 Å². The molecule has 0 aliphatic heterocycles. The highest BCUT2D eigenvalue weighted by Crippen LogP contribution is 2.41. The third-order valence-electron chi connectivity index (χ3n) is 13.4. The van der Waals surface area contributed by atoms with Gasteiger partial charge in [-0.1, -0.05) is 132 Å². The van der Waals surface area contributed by atoms with Crippen LogP contribution in [-0.2, 0) is 0 Å². The van der Waals surface area contributed by atoms with Crippen LogP contribution < -0.4 is 0 Å². The summed E-state index contributed by atoms with van der Waals surface area (Å²) in [4.78, 5) is 5.87. The minimum absolute atomic E-state index is 0.502. The summed E-state index contributed by atoms with van der Waals surface area (Å²) >= 11 is 0. The molecular weight excluding hydrogens is 484 g/mol. The first-order valence-electron chi connectivity index (χ1n) is 17.1. The molecule has 2 nitrogen and oxygen atoms in total. The zero-order valence-corrected chi connectivity index (χ0v) is 28.2. The Kier molecular flexibility index (Phi) is 10.4. The van der Waals surface area contributed by atoms with Crippen LogP contribution in [-0.4, -0.2) is 47.1 Å². The van der Waals surface area contributed by atoms with E-state index < -0.39 is 0 Å². The van der Waals surface area contributed by atoms with Crippen molar-refractivity contribution in [1.29, 1.82) is 0 Å². The van der Waals surface area contributed by atoms with Crippen molar-refractivity contribution < 1.29 is 0 Å². The summed E-state index contributed by atoms with van der Waals surface area (Å²) in [6.07, 6.45) is 20.4. The monoisotopic (exact) mass is 549 g/mol. The summed E-state index contributed by atoms with van der Waals surface area (Å²) in [5.74, 6) is 8.13. The van der Waals surface area contributed by atoms with Gasteiger partial charge in [0.1, 0.15) is 0 Å². The van der Waals surface area contributed by atoms with Crippen molar-refractivity contribution in [3.63, 3.8) is 0 Å². The summed E-state index contributed by atoms with van der Waals surface area (Å²) in [5.41, 5.74) is 0. The lowest BCUT2D eigenvalue weighted by molar-refractivity contribution is 0.0206. The zero-order valence-electron chi connectivity index (χ0n) is 28.2. The van der Waals surface area contributed by atoms with Gasteiger partial charge in [-0.05, 0) is 71.0 Å². The van der Waals surface area contributed by atoms with Crippen molar-refractivity contribution in [2.75, 3.05) is 13.1 Å². The molecule has 0 amide bonds. The van der Waals surface area contributed by atoms with Gasteiger partial charge in [-0.15, -0.1) is 0 Å². The van der Waals surface area contributed by atoms with E-state index in [1.54, 1.807) is 0 Å². The van der Waals surface area contributed by atoms with Crippen molar-refractivity contribution in [3.8, 4) is 0 Å². The number of hydrogen-bond acceptors (Lipinski definition) is 2. The molecule has 0 saturated heterocycles. The Bertz CT molecular complexity index is 797. The summed E-state index contributed by atoms with van der Waals surface area (Å²) in [6.45, 7) is 31.9. The van der Waals surface area contributed by atoms with Gasteiger partial charge in [-0.25, -0.2) is 0 Å². The highest BCUT2D eigenvalue weighted by molar-refractivity contribution is 5.16. The van der Waals surface area contributed by atoms with E-state index in [2.05, 4.69) is 141 Å². The van der Waals surface area contributed by atoms with Crippen LogP contribution in [0.2, 0.25) is 0 Å². The number of nitrogens with zero attached hydrogens (tertiary/aromatic N) is 2. The Morgan fingerprint density at radius 1 is 0.300 bits per heavy atom. The third-order valence-corrected chi connectivity index (χ3v) is 13.4. The average Bonchev–Trinajstić information content (AvgIpc) is 2.93. The maximum Gasteiger partial charge on any atom is 0.0313 e. The van der Waals surface area contributed by atoms with Gasteiger partial charge < -0.3 is 0 Å². The van der Waals surface area contributed by atoms with E-state index in [0.29, 0.717) is 95.2 Å². The molecule has 0 heterocycles. The molecule has 0 bridgehead atoms. The van der Waals surface area contributed by atoms with Crippen LogP contribution in [0.5, 0.6) is 0 Å². The molecule has 0 N–H and O–H groups in total. The molecule has 40 heavy (non-hydrogen) atoms. The number of hydrogen-bond donors (Lipinski definition) is 0. The van der Waals surface area contributed by atoms with E-state index in [9.17, 15) is 0 Å². The van der Waals surface area contributed by atoms with Gasteiger partial charge in [0.25, 0.3) is 0 Å². The molecule has 0 aromatic heterocycles. The Labute approximate surface area is 249 Å². The molecule has 2 heteroatoms. The van der Waals surface area contributed by atoms with E-state index in [0.717, 1.165) is 13.1 Å². The van der Waals surface area contributed by atoms with Crippen molar-refractivity contribution in [2.45, 2.75) is 107 Å². The van der Waals surface area contributed by atoms with Crippen LogP contribution in [0.4, 0.5) is 0 Å². The molecule has 4 rings (SSSR count). The molecule has 4 aliphatic rings. The SMILES string of the molecule is C[C@H]1[C@H](C)[C@@H](N(CCN([C@H]2C=C[C@@H](C)[C@@H](C)[C@@H]2C)[C@H]2C=C[C@@H](C)[C@@H](C)[C@@H]2C)[C@H]2C=C[C@@H](C)[C@@H](C)[C@@H]2C)C=C[C@H]1C. The summed E-state index contributed by atoms with van der Waals surface area (Å²) in [6, 6.07) is 2.01. The topological polar surface area (TPSA) is 6.48 Å². The fourth-order valence-corrected chi connectivity index (χ4v) is 8.59. The van der Waals surface area contributed by atoms with Gasteiger partial charge in [0.05, 0.1) is 0 Å². The molecule has 0 fully saturated rings. The molecular formula is C38H64N2. The first-order valence-corrected chi connectivity index (χ1v) is 17.1. The van der Waals surface area contributed by atoms with E-state index in [-0.39, 0.29) is 0 Å². The van der Waals surface area contributed by atoms with Crippen LogP contribution in [0.15, 0.2) is 48.6 Å². The minimum atomic E-state index is 0.502. The van der Waals surface area contributed by atoms with E-state index in [1.165, 1.54) is 0 Å². The molecule has 0 saturated carbocycles. The highest BCUT2D eigenvalue weighted by atomic mass is 15.3. The van der Waals surface area contributed by atoms with Crippen molar-refractivity contribution in [2.24, 2.45) is 71.0 Å². The summed E-state index contributed by atoms with van der Waals surface area (Å²) < 4.78 is 0. The van der Waals surface area contributed by atoms with Crippen molar-refractivity contribution in [3.05, 3.63) is 48.6 Å². The Morgan fingerprint density at radius 3 is 0.700 bits per heavy atom. The lowest BCUT2D eigenvalue weighted by atomic mass is 9.72. The summed E-state index contributed by atoms with van der Waals surface area (Å²) in [5, 5.41) is 0. The number of allylic oxidation sites excluding steroid dienone is 4. The lowest BCUT2D eigenvalue weighted by Crippen LogP contribution is -2.58. The first-order chi connectivity index (χ1) is 18.8. The van der Waals surface area contributed by atoms with Gasteiger partial charge in [0.2, 0.25) is 0 Å². The highest BCUT2D eigenvalue weighted by Gasteiger charge is 2.42. The average molecular weight is 549 g/mol. The summed E-state index contributed by atoms with van der Waals surface area (Å²) in [7, 11) is 0. The van der Waals surface area contributed by atoms with Crippen LogP contribution in [0.1, 0.15) is 83.1 Å². The molecule has 0 unspecified atom stereocenters. The van der Waals surface area contributed by atoms with Crippen molar-refractivity contribution >= 4 is 0 Å². The fourth-order valence-electron chi connectivity index (χ4n) is 8.59. The van der Waals surface area contributed by atoms with E-state index in [4.69, 9.17) is 0 Å². The molecule has 0 aromatic rings. The second-order valence-electron chi connectivity index (χ2n) is 15.3.